The van der Waals surface area contributed by atoms with Crippen LogP contribution in [-0.2, 0) is 7.05 Å². The fraction of sp³-hybridized carbons (Fsp3) is 0.222. The van der Waals surface area contributed by atoms with Crippen molar-refractivity contribution in [3.63, 3.8) is 0 Å². The molecule has 0 bridgehead atoms. The maximum Gasteiger partial charge on any atom is 0.254 e. The Kier molecular flexibility index (Phi) is 2.55. The lowest BCUT2D eigenvalue weighted by Gasteiger charge is -2.03. The lowest BCUT2D eigenvalue weighted by molar-refractivity contribution is 0.0999. The van der Waals surface area contributed by atoms with Crippen molar-refractivity contribution < 1.29 is 4.79 Å². The second kappa shape index (κ2) is 3.77. The number of hydrogen-bond acceptors (Lipinski definition) is 4. The number of nitrogen functional groups attached to an aromatic ring is 1. The molecule has 0 aliphatic heterocycles. The third-order valence-corrected chi connectivity index (χ3v) is 2.64. The summed E-state index contributed by atoms with van der Waals surface area (Å²) in [5.41, 5.74) is 11.7. The summed E-state index contributed by atoms with van der Waals surface area (Å²) in [6.45, 7) is 1.69. The van der Waals surface area contributed by atoms with E-state index in [1.165, 1.54) is 15.6 Å². The highest BCUT2D eigenvalue weighted by molar-refractivity contribution is 6.32. The molecule has 0 spiro atoms. The second-order valence-corrected chi connectivity index (χ2v) is 3.99. The van der Waals surface area contributed by atoms with Crippen molar-refractivity contribution in [3.05, 3.63) is 22.5 Å². The van der Waals surface area contributed by atoms with Gasteiger partial charge in [-0.25, -0.2) is 9.36 Å². The zero-order valence-electron chi connectivity index (χ0n) is 9.31. The summed E-state index contributed by atoms with van der Waals surface area (Å²) in [4.78, 5) is 11.4. The quantitative estimate of drug-likeness (QED) is 0.801. The summed E-state index contributed by atoms with van der Waals surface area (Å²) in [5, 5.41) is 8.42. The minimum Gasteiger partial charge on any atom is -0.381 e. The van der Waals surface area contributed by atoms with Gasteiger partial charge in [0.1, 0.15) is 10.6 Å². The molecule has 2 rings (SSSR count). The van der Waals surface area contributed by atoms with E-state index in [1.54, 1.807) is 14.0 Å². The van der Waals surface area contributed by atoms with Gasteiger partial charge in [-0.1, -0.05) is 11.6 Å². The van der Waals surface area contributed by atoms with Crippen LogP contribution in [0.2, 0.25) is 5.02 Å². The van der Waals surface area contributed by atoms with Crippen LogP contribution < -0.4 is 11.5 Å². The van der Waals surface area contributed by atoms with E-state index in [1.807, 2.05) is 0 Å². The van der Waals surface area contributed by atoms with E-state index in [4.69, 9.17) is 23.1 Å². The summed E-state index contributed by atoms with van der Waals surface area (Å²) < 4.78 is 2.88. The van der Waals surface area contributed by atoms with Gasteiger partial charge in [-0.05, 0) is 6.92 Å². The number of nitrogens with zero attached hydrogens (tertiary/aromatic N) is 4. The Bertz CT molecular complexity index is 579. The number of aromatic nitrogens is 4. The van der Waals surface area contributed by atoms with Gasteiger partial charge in [0.25, 0.3) is 5.91 Å². The first-order valence-electron chi connectivity index (χ1n) is 4.76. The first kappa shape index (κ1) is 11.5. The molecular weight excluding hydrogens is 244 g/mol. The molecule has 0 aromatic carbocycles. The number of halogens is 1. The number of amides is 1. The van der Waals surface area contributed by atoms with Crippen molar-refractivity contribution in [2.45, 2.75) is 6.92 Å². The third-order valence-electron chi connectivity index (χ3n) is 2.35. The molecule has 4 N–H and O–H groups in total. The number of primary amides is 1. The highest BCUT2D eigenvalue weighted by atomic mass is 35.5. The van der Waals surface area contributed by atoms with Gasteiger partial charge < -0.3 is 11.5 Å². The fourth-order valence-electron chi connectivity index (χ4n) is 1.67. The average Bonchev–Trinajstić information content (AvgIpc) is 2.68. The fourth-order valence-corrected chi connectivity index (χ4v) is 1.80. The molecule has 7 nitrogen and oxygen atoms in total. The van der Waals surface area contributed by atoms with E-state index in [9.17, 15) is 4.79 Å². The number of hydrogen-bond donors (Lipinski definition) is 2. The van der Waals surface area contributed by atoms with Crippen LogP contribution in [0.15, 0.2) is 6.20 Å². The zero-order chi connectivity index (χ0) is 12.7. The predicted octanol–water partition coefficient (Wildman–Crippen LogP) is 0.249. The molecule has 0 unspecified atom stereocenters. The van der Waals surface area contributed by atoms with Crippen molar-refractivity contribution in [1.29, 1.82) is 0 Å². The molecule has 2 aromatic heterocycles. The number of nitrogens with two attached hydrogens (primary N) is 2. The molecule has 2 aromatic rings. The van der Waals surface area contributed by atoms with Crippen molar-refractivity contribution in [3.8, 4) is 5.82 Å². The molecule has 0 atom stereocenters. The normalized spacial score (nSPS) is 10.8. The zero-order valence-corrected chi connectivity index (χ0v) is 10.1. The summed E-state index contributed by atoms with van der Waals surface area (Å²) in [7, 11) is 1.68. The van der Waals surface area contributed by atoms with Crippen LogP contribution in [0.1, 0.15) is 16.1 Å². The predicted molar refractivity (Wildman–Crippen MR) is 63.0 cm³/mol. The minimum atomic E-state index is -0.573. The SMILES string of the molecule is Cc1nn(C)c(-n2cc(Cl)c(N)n2)c1C(N)=O. The van der Waals surface area contributed by atoms with E-state index in [-0.39, 0.29) is 5.82 Å². The van der Waals surface area contributed by atoms with E-state index in [0.717, 1.165) is 0 Å². The van der Waals surface area contributed by atoms with Gasteiger partial charge >= 0.3 is 0 Å². The molecule has 2 heterocycles. The van der Waals surface area contributed by atoms with Gasteiger partial charge in [-0.15, -0.1) is 5.10 Å². The van der Waals surface area contributed by atoms with Crippen molar-refractivity contribution in [2.75, 3.05) is 5.73 Å². The van der Waals surface area contributed by atoms with Gasteiger partial charge in [0.05, 0.1) is 11.9 Å². The second-order valence-electron chi connectivity index (χ2n) is 3.58. The van der Waals surface area contributed by atoms with E-state index >= 15 is 0 Å². The molecule has 0 fully saturated rings. The first-order valence-corrected chi connectivity index (χ1v) is 5.14. The lowest BCUT2D eigenvalue weighted by Crippen LogP contribution is -2.16. The molecule has 0 radical (unpaired) electrons. The molecule has 0 saturated carbocycles. The number of aryl methyl sites for hydroxylation is 2. The number of carbonyl (C=O) groups excluding carboxylic acids is 1. The molecule has 17 heavy (non-hydrogen) atoms. The van der Waals surface area contributed by atoms with E-state index in [2.05, 4.69) is 10.2 Å². The summed E-state index contributed by atoms with van der Waals surface area (Å²) >= 11 is 5.82. The molecule has 1 amide bonds. The summed E-state index contributed by atoms with van der Waals surface area (Å²) in [6.07, 6.45) is 1.50. The monoisotopic (exact) mass is 254 g/mol. The maximum atomic E-state index is 11.4. The first-order chi connectivity index (χ1) is 7.91. The van der Waals surface area contributed by atoms with Gasteiger partial charge in [0.15, 0.2) is 11.6 Å². The molecular formula is C9H11ClN6O. The van der Waals surface area contributed by atoms with Crippen LogP contribution in [0.25, 0.3) is 5.82 Å². The van der Waals surface area contributed by atoms with Crippen LogP contribution in [0.5, 0.6) is 0 Å². The third kappa shape index (κ3) is 1.74. The van der Waals surface area contributed by atoms with Gasteiger partial charge in [0, 0.05) is 7.05 Å². The standard InChI is InChI=1S/C9H11ClN6O/c1-4-6(8(12)17)9(15(2)13-4)16-3-5(10)7(11)14-16/h3H,1-2H3,(H2,11,14)(H2,12,17). The van der Waals surface area contributed by atoms with E-state index < -0.39 is 5.91 Å². The summed E-state index contributed by atoms with van der Waals surface area (Å²) in [6, 6.07) is 0. The van der Waals surface area contributed by atoms with Gasteiger partial charge in [-0.2, -0.15) is 5.10 Å². The number of anilines is 1. The molecule has 8 heteroatoms. The summed E-state index contributed by atoms with van der Waals surface area (Å²) in [5.74, 6) is 0.0466. The Morgan fingerprint density at radius 1 is 1.47 bits per heavy atom. The Morgan fingerprint density at radius 3 is 2.59 bits per heavy atom. The van der Waals surface area contributed by atoms with Crippen molar-refractivity contribution >= 4 is 23.3 Å². The highest BCUT2D eigenvalue weighted by Gasteiger charge is 2.20. The maximum absolute atomic E-state index is 11.4. The Morgan fingerprint density at radius 2 is 2.12 bits per heavy atom. The van der Waals surface area contributed by atoms with Crippen LogP contribution in [0, 0.1) is 6.92 Å². The van der Waals surface area contributed by atoms with Gasteiger partial charge in [0.2, 0.25) is 0 Å². The smallest absolute Gasteiger partial charge is 0.254 e. The molecule has 0 aliphatic carbocycles. The largest absolute Gasteiger partial charge is 0.381 e. The Hall–Kier alpha value is -2.02. The highest BCUT2D eigenvalue weighted by Crippen LogP contribution is 2.22. The Labute approximate surface area is 102 Å². The van der Waals surface area contributed by atoms with Crippen LogP contribution >= 0.6 is 11.6 Å². The number of carbonyl (C=O) groups is 1. The average molecular weight is 255 g/mol. The topological polar surface area (TPSA) is 105 Å². The Balaban J connectivity index is 2.70. The van der Waals surface area contributed by atoms with E-state index in [0.29, 0.717) is 22.1 Å². The van der Waals surface area contributed by atoms with Gasteiger partial charge in [-0.3, -0.25) is 4.79 Å². The van der Waals surface area contributed by atoms with Crippen LogP contribution in [-0.4, -0.2) is 25.5 Å². The van der Waals surface area contributed by atoms with Crippen molar-refractivity contribution in [2.24, 2.45) is 12.8 Å². The van der Waals surface area contributed by atoms with Crippen molar-refractivity contribution in [1.82, 2.24) is 19.6 Å². The number of rotatable bonds is 2. The molecule has 0 saturated heterocycles. The lowest BCUT2D eigenvalue weighted by atomic mass is 10.2. The minimum absolute atomic E-state index is 0.181. The van der Waals surface area contributed by atoms with Crippen LogP contribution in [0.4, 0.5) is 5.82 Å². The molecule has 0 aliphatic rings. The molecule has 90 valence electrons. The van der Waals surface area contributed by atoms with Crippen LogP contribution in [0.3, 0.4) is 0 Å².